The maximum atomic E-state index is 5.58. The van der Waals surface area contributed by atoms with Crippen molar-refractivity contribution in [3.63, 3.8) is 0 Å². The van der Waals surface area contributed by atoms with Crippen LogP contribution in [-0.4, -0.2) is 21.5 Å². The summed E-state index contributed by atoms with van der Waals surface area (Å²) >= 11 is 5.41. The van der Waals surface area contributed by atoms with Crippen LogP contribution in [0.2, 0.25) is 0 Å². The lowest BCUT2D eigenvalue weighted by Gasteiger charge is -2.24. The second-order valence-electron chi connectivity index (χ2n) is 4.43. The minimum atomic E-state index is 0.0276. The first-order valence-electron chi connectivity index (χ1n) is 6.32. The molecule has 1 saturated heterocycles. The lowest BCUT2D eigenvalue weighted by atomic mass is 10.0. The van der Waals surface area contributed by atoms with E-state index in [1.807, 2.05) is 30.3 Å². The van der Waals surface area contributed by atoms with Crippen molar-refractivity contribution in [1.29, 1.82) is 0 Å². The van der Waals surface area contributed by atoms with Crippen LogP contribution in [0, 0.1) is 0 Å². The Hall–Kier alpha value is -1.88. The van der Waals surface area contributed by atoms with Crippen molar-refractivity contribution in [3.8, 4) is 0 Å². The molecule has 98 valence electrons. The number of nitrogens with one attached hydrogen (secondary N) is 1. The molecule has 1 aliphatic heterocycles. The Labute approximate surface area is 117 Å². The molecule has 0 saturated carbocycles. The Morgan fingerprint density at radius 1 is 1.37 bits per heavy atom. The van der Waals surface area contributed by atoms with E-state index < -0.39 is 0 Å². The van der Waals surface area contributed by atoms with Crippen LogP contribution in [0.4, 0.5) is 0 Å². The van der Waals surface area contributed by atoms with Gasteiger partial charge in [-0.15, -0.1) is 0 Å². The van der Waals surface area contributed by atoms with Gasteiger partial charge in [0.15, 0.2) is 5.11 Å². The fourth-order valence-electron chi connectivity index (χ4n) is 2.51. The van der Waals surface area contributed by atoms with Crippen LogP contribution in [0.25, 0.3) is 0 Å². The van der Waals surface area contributed by atoms with E-state index in [9.17, 15) is 0 Å². The second kappa shape index (κ2) is 5.01. The fraction of sp³-hybridized carbons (Fsp3) is 0.286. The highest BCUT2D eigenvalue weighted by atomic mass is 32.1. The summed E-state index contributed by atoms with van der Waals surface area (Å²) in [4.78, 5) is 6.57. The quantitative estimate of drug-likeness (QED) is 0.871. The fourth-order valence-corrected chi connectivity index (χ4v) is 2.88. The van der Waals surface area contributed by atoms with Gasteiger partial charge in [-0.2, -0.15) is 0 Å². The molecule has 2 aromatic heterocycles. The van der Waals surface area contributed by atoms with Gasteiger partial charge in [0.25, 0.3) is 0 Å². The normalized spacial score (nSPS) is 22.6. The number of rotatable bonds is 3. The molecule has 1 aliphatic rings. The van der Waals surface area contributed by atoms with Crippen molar-refractivity contribution in [1.82, 2.24) is 15.2 Å². The second-order valence-corrected chi connectivity index (χ2v) is 4.81. The predicted molar refractivity (Wildman–Crippen MR) is 76.5 cm³/mol. The van der Waals surface area contributed by atoms with E-state index in [1.54, 1.807) is 12.5 Å². The first-order chi connectivity index (χ1) is 9.31. The standard InChI is InChI=1S/C14H15N3OS/c1-2-17-13(11-7-5-9-18-11)12(16-14(17)19)10-6-3-4-8-15-10/h3-9,12-13H,2H2,1H3,(H,16,19). The summed E-state index contributed by atoms with van der Waals surface area (Å²) in [6.45, 7) is 2.92. The van der Waals surface area contributed by atoms with Gasteiger partial charge < -0.3 is 14.6 Å². The molecule has 3 rings (SSSR count). The zero-order valence-corrected chi connectivity index (χ0v) is 11.4. The zero-order valence-electron chi connectivity index (χ0n) is 10.6. The largest absolute Gasteiger partial charge is 0.467 e. The van der Waals surface area contributed by atoms with Crippen molar-refractivity contribution in [3.05, 3.63) is 54.2 Å². The molecule has 19 heavy (non-hydrogen) atoms. The molecule has 0 spiro atoms. The molecular formula is C14H15N3OS. The van der Waals surface area contributed by atoms with Crippen LogP contribution >= 0.6 is 12.2 Å². The Morgan fingerprint density at radius 3 is 2.89 bits per heavy atom. The first-order valence-corrected chi connectivity index (χ1v) is 6.73. The van der Waals surface area contributed by atoms with Crippen LogP contribution in [0.3, 0.4) is 0 Å². The number of nitrogens with zero attached hydrogens (tertiary/aromatic N) is 2. The highest BCUT2D eigenvalue weighted by Gasteiger charge is 2.40. The summed E-state index contributed by atoms with van der Waals surface area (Å²) in [5.74, 6) is 0.907. The van der Waals surface area contributed by atoms with Crippen molar-refractivity contribution >= 4 is 17.3 Å². The van der Waals surface area contributed by atoms with Gasteiger partial charge in [0, 0.05) is 12.7 Å². The van der Waals surface area contributed by atoms with Gasteiger partial charge in [0.1, 0.15) is 11.8 Å². The Balaban J connectivity index is 2.01. The summed E-state index contributed by atoms with van der Waals surface area (Å²) in [5.41, 5.74) is 0.974. The third-order valence-corrected chi connectivity index (χ3v) is 3.73. The van der Waals surface area contributed by atoms with Crippen LogP contribution in [0.5, 0.6) is 0 Å². The molecule has 0 aliphatic carbocycles. The van der Waals surface area contributed by atoms with Crippen LogP contribution in [0.15, 0.2) is 47.2 Å². The number of aromatic nitrogens is 1. The lowest BCUT2D eigenvalue weighted by molar-refractivity contribution is 0.282. The molecule has 0 bridgehead atoms. The van der Waals surface area contributed by atoms with Crippen LogP contribution in [-0.2, 0) is 0 Å². The van der Waals surface area contributed by atoms with Crippen molar-refractivity contribution in [2.75, 3.05) is 6.54 Å². The smallest absolute Gasteiger partial charge is 0.170 e. The van der Waals surface area contributed by atoms with Gasteiger partial charge >= 0.3 is 0 Å². The number of likely N-dealkylation sites (N-methyl/N-ethyl adjacent to an activating group) is 1. The summed E-state index contributed by atoms with van der Waals surface area (Å²) in [6, 6.07) is 9.88. The number of pyridine rings is 1. The molecule has 2 aromatic rings. The van der Waals surface area contributed by atoms with Gasteiger partial charge in [-0.1, -0.05) is 6.07 Å². The molecule has 0 amide bonds. The van der Waals surface area contributed by atoms with E-state index >= 15 is 0 Å². The van der Waals surface area contributed by atoms with Crippen LogP contribution < -0.4 is 5.32 Å². The molecule has 0 aromatic carbocycles. The zero-order chi connectivity index (χ0) is 13.2. The maximum absolute atomic E-state index is 5.58. The van der Waals surface area contributed by atoms with Gasteiger partial charge in [0.05, 0.1) is 18.0 Å². The molecular weight excluding hydrogens is 258 g/mol. The van der Waals surface area contributed by atoms with E-state index in [0.717, 1.165) is 23.1 Å². The molecule has 3 heterocycles. The Bertz CT molecular complexity index is 555. The average molecular weight is 273 g/mol. The molecule has 4 nitrogen and oxygen atoms in total. The van der Waals surface area contributed by atoms with E-state index in [2.05, 4.69) is 22.1 Å². The van der Waals surface area contributed by atoms with Gasteiger partial charge in [0.2, 0.25) is 0 Å². The van der Waals surface area contributed by atoms with Crippen molar-refractivity contribution in [2.24, 2.45) is 0 Å². The number of furan rings is 1. The summed E-state index contributed by atoms with van der Waals surface area (Å²) in [5, 5.41) is 4.09. The topological polar surface area (TPSA) is 41.3 Å². The molecule has 2 unspecified atom stereocenters. The summed E-state index contributed by atoms with van der Waals surface area (Å²) < 4.78 is 5.58. The van der Waals surface area contributed by atoms with E-state index in [4.69, 9.17) is 16.6 Å². The third kappa shape index (κ3) is 2.10. The SMILES string of the molecule is CCN1C(=S)NC(c2ccccn2)C1c1ccco1. The first kappa shape index (κ1) is 12.2. The van der Waals surface area contributed by atoms with Gasteiger partial charge in [-0.3, -0.25) is 4.98 Å². The van der Waals surface area contributed by atoms with Crippen molar-refractivity contribution < 1.29 is 4.42 Å². The Morgan fingerprint density at radius 2 is 2.26 bits per heavy atom. The minimum Gasteiger partial charge on any atom is -0.467 e. The number of hydrogen-bond acceptors (Lipinski definition) is 3. The molecule has 2 atom stereocenters. The maximum Gasteiger partial charge on any atom is 0.170 e. The molecule has 0 radical (unpaired) electrons. The third-order valence-electron chi connectivity index (χ3n) is 3.37. The van der Waals surface area contributed by atoms with E-state index in [-0.39, 0.29) is 12.1 Å². The van der Waals surface area contributed by atoms with E-state index in [1.165, 1.54) is 0 Å². The van der Waals surface area contributed by atoms with Crippen molar-refractivity contribution in [2.45, 2.75) is 19.0 Å². The monoisotopic (exact) mass is 273 g/mol. The average Bonchev–Trinajstić information content (AvgIpc) is 3.06. The molecule has 5 heteroatoms. The van der Waals surface area contributed by atoms with E-state index in [0.29, 0.717) is 0 Å². The summed E-state index contributed by atoms with van der Waals surface area (Å²) in [7, 11) is 0. The predicted octanol–water partition coefficient (Wildman–Crippen LogP) is 2.67. The Kier molecular flexibility index (Phi) is 3.21. The molecule has 1 N–H and O–H groups in total. The van der Waals surface area contributed by atoms with Gasteiger partial charge in [-0.05, 0) is 43.4 Å². The van der Waals surface area contributed by atoms with Crippen LogP contribution in [0.1, 0.15) is 30.5 Å². The van der Waals surface area contributed by atoms with Gasteiger partial charge in [-0.25, -0.2) is 0 Å². The highest BCUT2D eigenvalue weighted by molar-refractivity contribution is 7.80. The minimum absolute atomic E-state index is 0.0276. The highest BCUT2D eigenvalue weighted by Crippen LogP contribution is 2.38. The summed E-state index contributed by atoms with van der Waals surface area (Å²) in [6.07, 6.45) is 3.49. The lowest BCUT2D eigenvalue weighted by Crippen LogP contribution is -2.29. The molecule has 1 fully saturated rings. The number of hydrogen-bond donors (Lipinski definition) is 1. The number of thiocarbonyl (C=S) groups is 1.